The predicted molar refractivity (Wildman–Crippen MR) is 97.3 cm³/mol. The highest BCUT2D eigenvalue weighted by Crippen LogP contribution is 2.19. The number of hydrogen-bond acceptors (Lipinski definition) is 5. The fourth-order valence-electron chi connectivity index (χ4n) is 2.74. The lowest BCUT2D eigenvalue weighted by Crippen LogP contribution is -2.47. The van der Waals surface area contributed by atoms with E-state index in [1.807, 2.05) is 20.8 Å². The van der Waals surface area contributed by atoms with E-state index in [1.165, 1.54) is 10.5 Å². The van der Waals surface area contributed by atoms with Crippen molar-refractivity contribution in [2.75, 3.05) is 18.8 Å². The number of nitrogens with zero attached hydrogens (tertiary/aromatic N) is 3. The molecule has 0 radical (unpaired) electrons. The third-order valence-electron chi connectivity index (χ3n) is 4.14. The van der Waals surface area contributed by atoms with E-state index in [0.29, 0.717) is 38.2 Å². The van der Waals surface area contributed by atoms with Crippen LogP contribution < -0.4 is 5.32 Å². The molecule has 1 aromatic rings. The van der Waals surface area contributed by atoms with E-state index < -0.39 is 10.0 Å². The largest absolute Gasteiger partial charge is 0.348 e. The smallest absolute Gasteiger partial charge is 0.271 e. The number of carbonyl (C=O) groups is 1. The van der Waals surface area contributed by atoms with Crippen molar-refractivity contribution < 1.29 is 13.2 Å². The van der Waals surface area contributed by atoms with Crippen molar-refractivity contribution in [2.24, 2.45) is 0 Å². The monoisotopic (exact) mass is 388 g/mol. The first-order valence-electron chi connectivity index (χ1n) is 8.55. The average molecular weight is 389 g/mol. The third kappa shape index (κ3) is 5.12. The van der Waals surface area contributed by atoms with E-state index in [0.717, 1.165) is 0 Å². The zero-order valence-electron chi connectivity index (χ0n) is 14.8. The van der Waals surface area contributed by atoms with E-state index in [2.05, 4.69) is 15.3 Å². The lowest BCUT2D eigenvalue weighted by atomic mass is 10.1. The van der Waals surface area contributed by atoms with E-state index in [4.69, 9.17) is 11.6 Å². The number of amides is 1. The molecule has 0 unspecified atom stereocenters. The molecule has 0 atom stereocenters. The molecule has 1 saturated heterocycles. The summed E-state index contributed by atoms with van der Waals surface area (Å²) in [6, 6.07) is -0.0888. The molecule has 7 nitrogen and oxygen atoms in total. The van der Waals surface area contributed by atoms with Crippen molar-refractivity contribution >= 4 is 27.5 Å². The molecule has 1 amide bonds. The second-order valence-electron chi connectivity index (χ2n) is 6.54. The zero-order valence-corrected chi connectivity index (χ0v) is 16.4. The van der Waals surface area contributed by atoms with Gasteiger partial charge in [-0.2, -0.15) is 0 Å². The fraction of sp³-hybridized carbons (Fsp3) is 0.688. The molecule has 0 saturated carbocycles. The highest BCUT2D eigenvalue weighted by molar-refractivity contribution is 7.89. The van der Waals surface area contributed by atoms with Crippen molar-refractivity contribution in [3.05, 3.63) is 22.7 Å². The molecule has 140 valence electrons. The first kappa shape index (κ1) is 20.1. The van der Waals surface area contributed by atoms with Crippen molar-refractivity contribution in [1.82, 2.24) is 19.6 Å². The van der Waals surface area contributed by atoms with Crippen LogP contribution in [-0.4, -0.2) is 53.5 Å². The van der Waals surface area contributed by atoms with Crippen LogP contribution in [0.15, 0.2) is 6.20 Å². The molecule has 1 aliphatic rings. The zero-order chi connectivity index (χ0) is 18.6. The quantitative estimate of drug-likeness (QED) is 0.806. The molecule has 25 heavy (non-hydrogen) atoms. The summed E-state index contributed by atoms with van der Waals surface area (Å²) in [6.07, 6.45) is 3.20. The summed E-state index contributed by atoms with van der Waals surface area (Å²) in [5.41, 5.74) is 0.168. The molecule has 9 heteroatoms. The van der Waals surface area contributed by atoms with Gasteiger partial charge in [-0.05, 0) is 19.3 Å². The first-order valence-corrected chi connectivity index (χ1v) is 10.5. The van der Waals surface area contributed by atoms with E-state index >= 15 is 0 Å². The maximum Gasteiger partial charge on any atom is 0.271 e. The van der Waals surface area contributed by atoms with E-state index in [9.17, 15) is 13.2 Å². The lowest BCUT2D eigenvalue weighted by Gasteiger charge is -2.31. The summed E-state index contributed by atoms with van der Waals surface area (Å²) in [4.78, 5) is 20.9. The second-order valence-corrected chi connectivity index (χ2v) is 9.04. The molecule has 1 N–H and O–H groups in total. The van der Waals surface area contributed by atoms with Crippen molar-refractivity contribution in [1.29, 1.82) is 0 Å². The minimum atomic E-state index is -3.18. The van der Waals surface area contributed by atoms with Crippen LogP contribution in [0.3, 0.4) is 0 Å². The third-order valence-corrected chi connectivity index (χ3v) is 6.49. The Bertz CT molecular complexity index is 716. The first-order chi connectivity index (χ1) is 11.7. The van der Waals surface area contributed by atoms with Gasteiger partial charge in [-0.3, -0.25) is 4.79 Å². The van der Waals surface area contributed by atoms with Gasteiger partial charge in [0.05, 0.1) is 17.0 Å². The number of sulfonamides is 1. The van der Waals surface area contributed by atoms with Crippen LogP contribution in [-0.2, 0) is 10.0 Å². The van der Waals surface area contributed by atoms with Crippen LogP contribution in [0.2, 0.25) is 5.02 Å². The maximum atomic E-state index is 12.5. The summed E-state index contributed by atoms with van der Waals surface area (Å²) < 4.78 is 25.7. The van der Waals surface area contributed by atoms with Gasteiger partial charge in [0.2, 0.25) is 10.0 Å². The van der Waals surface area contributed by atoms with Gasteiger partial charge in [-0.25, -0.2) is 22.7 Å². The molecule has 0 spiro atoms. The number of halogens is 1. The number of piperidine rings is 1. The van der Waals surface area contributed by atoms with Crippen LogP contribution in [0, 0.1) is 0 Å². The highest BCUT2D eigenvalue weighted by atomic mass is 35.5. The topological polar surface area (TPSA) is 92.3 Å². The Hall–Kier alpha value is -1.25. The molecule has 1 aliphatic heterocycles. The molecule has 0 aliphatic carbocycles. The molecule has 2 heterocycles. The minimum absolute atomic E-state index is 0.0888. The Balaban J connectivity index is 1.98. The Kier molecular flexibility index (Phi) is 6.76. The Morgan fingerprint density at radius 1 is 1.40 bits per heavy atom. The number of rotatable bonds is 6. The summed E-state index contributed by atoms with van der Waals surface area (Å²) in [6.45, 7) is 6.57. The molecule has 2 rings (SSSR count). The van der Waals surface area contributed by atoms with Crippen LogP contribution >= 0.6 is 11.6 Å². The van der Waals surface area contributed by atoms with Gasteiger partial charge in [-0.15, -0.1) is 0 Å². The van der Waals surface area contributed by atoms with Gasteiger partial charge in [-0.1, -0.05) is 32.4 Å². The van der Waals surface area contributed by atoms with Gasteiger partial charge in [0.15, 0.2) is 0 Å². The van der Waals surface area contributed by atoms with Crippen molar-refractivity contribution in [3.8, 4) is 0 Å². The van der Waals surface area contributed by atoms with Crippen LogP contribution in [0.25, 0.3) is 0 Å². The number of carbonyl (C=O) groups excluding carboxylic acids is 1. The van der Waals surface area contributed by atoms with Gasteiger partial charge < -0.3 is 5.32 Å². The molecular formula is C16H25ClN4O3S. The Morgan fingerprint density at radius 2 is 2.04 bits per heavy atom. The molecule has 0 bridgehead atoms. The fourth-order valence-corrected chi connectivity index (χ4v) is 4.46. The summed E-state index contributed by atoms with van der Waals surface area (Å²) >= 11 is 6.06. The minimum Gasteiger partial charge on any atom is -0.348 e. The van der Waals surface area contributed by atoms with Gasteiger partial charge in [0.25, 0.3) is 5.91 Å². The summed E-state index contributed by atoms with van der Waals surface area (Å²) in [7, 11) is -3.18. The van der Waals surface area contributed by atoms with Gasteiger partial charge >= 0.3 is 0 Å². The van der Waals surface area contributed by atoms with E-state index in [-0.39, 0.29) is 34.3 Å². The van der Waals surface area contributed by atoms with Crippen LogP contribution in [0.4, 0.5) is 0 Å². The second kappa shape index (κ2) is 8.42. The van der Waals surface area contributed by atoms with Crippen molar-refractivity contribution in [2.45, 2.75) is 52.0 Å². The SMILES string of the molecule is CCCS(=O)(=O)N1CCC(NC(=O)c2nc(C(C)C)ncc2Cl)CC1. The van der Waals surface area contributed by atoms with Crippen LogP contribution in [0.5, 0.6) is 0 Å². The van der Waals surface area contributed by atoms with Crippen molar-refractivity contribution in [3.63, 3.8) is 0 Å². The average Bonchev–Trinajstić information content (AvgIpc) is 2.55. The maximum absolute atomic E-state index is 12.5. The van der Waals surface area contributed by atoms with Gasteiger partial charge in [0, 0.05) is 25.0 Å². The molecular weight excluding hydrogens is 364 g/mol. The van der Waals surface area contributed by atoms with Crippen LogP contribution in [0.1, 0.15) is 62.3 Å². The summed E-state index contributed by atoms with van der Waals surface area (Å²) in [5, 5.41) is 3.12. The lowest BCUT2D eigenvalue weighted by molar-refractivity contribution is 0.0918. The predicted octanol–water partition coefficient (Wildman–Crippen LogP) is 2.19. The molecule has 1 aromatic heterocycles. The Labute approximate surface area is 154 Å². The molecule has 1 fully saturated rings. The summed E-state index contributed by atoms with van der Waals surface area (Å²) in [5.74, 6) is 0.480. The number of aromatic nitrogens is 2. The number of nitrogens with one attached hydrogen (secondary N) is 1. The number of hydrogen-bond donors (Lipinski definition) is 1. The van der Waals surface area contributed by atoms with Gasteiger partial charge in [0.1, 0.15) is 11.5 Å². The highest BCUT2D eigenvalue weighted by Gasteiger charge is 2.28. The Morgan fingerprint density at radius 3 is 2.60 bits per heavy atom. The normalized spacial score (nSPS) is 17.0. The molecule has 0 aromatic carbocycles. The standard InChI is InChI=1S/C16H25ClN4O3S/c1-4-9-25(23,24)21-7-5-12(6-8-21)19-16(22)14-13(17)10-18-15(20-14)11(2)3/h10-12H,4-9H2,1-3H3,(H,19,22). The van der Waals surface area contributed by atoms with E-state index in [1.54, 1.807) is 0 Å².